The number of hydrogen-bond donors (Lipinski definition) is 1. The molecule has 0 fully saturated rings. The van der Waals surface area contributed by atoms with E-state index in [9.17, 15) is 4.79 Å². The number of nitriles is 1. The first-order chi connectivity index (χ1) is 9.17. The lowest BCUT2D eigenvalue weighted by atomic mass is 10.1. The molecule has 19 heavy (non-hydrogen) atoms. The van der Waals surface area contributed by atoms with Crippen molar-refractivity contribution < 1.29 is 9.53 Å². The maximum Gasteiger partial charge on any atom is 0.231 e. The average molecular weight is 343 g/mol. The number of methoxy groups -OCH3 is 1. The number of ether oxygens (including phenoxy) is 1. The Balaban J connectivity index is 2.49. The van der Waals surface area contributed by atoms with Gasteiger partial charge in [-0.2, -0.15) is 5.26 Å². The van der Waals surface area contributed by atoms with Crippen molar-refractivity contribution in [3.8, 4) is 6.07 Å². The summed E-state index contributed by atoms with van der Waals surface area (Å²) in [4.78, 5) is 11.7. The number of thioether (sulfide) groups is 1. The summed E-state index contributed by atoms with van der Waals surface area (Å²) in [5.74, 6) is 0.945. The van der Waals surface area contributed by atoms with Gasteiger partial charge in [0.1, 0.15) is 6.04 Å². The van der Waals surface area contributed by atoms with Crippen LogP contribution in [0.5, 0.6) is 0 Å². The molecular weight excluding hydrogens is 328 g/mol. The van der Waals surface area contributed by atoms with Crippen molar-refractivity contribution >= 4 is 33.6 Å². The molecule has 0 saturated heterocycles. The van der Waals surface area contributed by atoms with Gasteiger partial charge in [-0.15, -0.1) is 11.8 Å². The lowest BCUT2D eigenvalue weighted by Gasteiger charge is -2.12. The molecule has 0 saturated carbocycles. The van der Waals surface area contributed by atoms with Crippen LogP contribution in [-0.4, -0.2) is 31.1 Å². The van der Waals surface area contributed by atoms with Crippen LogP contribution in [0.2, 0.25) is 0 Å². The van der Waals surface area contributed by atoms with Crippen molar-refractivity contribution in [2.24, 2.45) is 0 Å². The number of carbonyl (C=O) groups excluding carboxylic acids is 1. The zero-order valence-corrected chi connectivity index (χ0v) is 13.0. The predicted octanol–water partition coefficient (Wildman–Crippen LogP) is 2.51. The summed E-state index contributed by atoms with van der Waals surface area (Å²) in [5, 5.41) is 11.8. The molecule has 0 spiro atoms. The lowest BCUT2D eigenvalue weighted by Crippen LogP contribution is -2.29. The van der Waals surface area contributed by atoms with Gasteiger partial charge in [0.05, 0.1) is 18.4 Å². The summed E-state index contributed by atoms with van der Waals surface area (Å²) in [6.07, 6.45) is 0. The molecular formula is C13H15BrN2O2S. The van der Waals surface area contributed by atoms with E-state index in [0.29, 0.717) is 12.4 Å². The minimum absolute atomic E-state index is 0.146. The van der Waals surface area contributed by atoms with Crippen LogP contribution in [0.1, 0.15) is 11.6 Å². The molecule has 0 aliphatic rings. The third-order valence-electron chi connectivity index (χ3n) is 2.28. The molecule has 1 amide bonds. The standard InChI is InChI=1S/C13H15BrN2O2S/c1-18-5-6-19-9-13(17)16-12(8-15)10-3-2-4-11(14)7-10/h2-4,7,12H,5-6,9H2,1H3,(H,16,17)/t12-/m1/s1. The minimum Gasteiger partial charge on any atom is -0.384 e. The van der Waals surface area contributed by atoms with Gasteiger partial charge in [0.2, 0.25) is 5.91 Å². The Labute approximate surface area is 125 Å². The van der Waals surface area contributed by atoms with Crippen LogP contribution in [0.4, 0.5) is 0 Å². The number of nitrogens with zero attached hydrogens (tertiary/aromatic N) is 1. The van der Waals surface area contributed by atoms with E-state index in [1.165, 1.54) is 11.8 Å². The molecule has 0 heterocycles. The molecule has 0 radical (unpaired) electrons. The lowest BCUT2D eigenvalue weighted by molar-refractivity contribution is -0.118. The highest BCUT2D eigenvalue weighted by Crippen LogP contribution is 2.17. The zero-order valence-electron chi connectivity index (χ0n) is 10.6. The van der Waals surface area contributed by atoms with Crippen LogP contribution in [0, 0.1) is 11.3 Å². The van der Waals surface area contributed by atoms with E-state index in [0.717, 1.165) is 15.8 Å². The summed E-state index contributed by atoms with van der Waals surface area (Å²) in [6.45, 7) is 0.616. The fourth-order valence-corrected chi connectivity index (χ4v) is 2.50. The van der Waals surface area contributed by atoms with Gasteiger partial charge in [-0.25, -0.2) is 0 Å². The minimum atomic E-state index is -0.618. The van der Waals surface area contributed by atoms with E-state index >= 15 is 0 Å². The molecule has 4 nitrogen and oxygen atoms in total. The summed E-state index contributed by atoms with van der Waals surface area (Å²) in [7, 11) is 1.62. The second-order valence-electron chi connectivity index (χ2n) is 3.73. The number of amides is 1. The Kier molecular flexibility index (Phi) is 7.56. The van der Waals surface area contributed by atoms with Crippen LogP contribution in [-0.2, 0) is 9.53 Å². The number of benzene rings is 1. The summed E-state index contributed by atoms with van der Waals surface area (Å²) >= 11 is 4.83. The molecule has 0 bridgehead atoms. The van der Waals surface area contributed by atoms with Crippen LogP contribution >= 0.6 is 27.7 Å². The second kappa shape index (κ2) is 8.97. The monoisotopic (exact) mass is 342 g/mol. The van der Waals surface area contributed by atoms with Crippen LogP contribution in [0.15, 0.2) is 28.7 Å². The molecule has 0 unspecified atom stereocenters. The van der Waals surface area contributed by atoms with Gasteiger partial charge in [-0.05, 0) is 17.7 Å². The van der Waals surface area contributed by atoms with Crippen molar-refractivity contribution in [3.05, 3.63) is 34.3 Å². The fraction of sp³-hybridized carbons (Fsp3) is 0.385. The Hall–Kier alpha value is -1.03. The SMILES string of the molecule is COCCSCC(=O)N[C@H](C#N)c1cccc(Br)c1. The van der Waals surface area contributed by atoms with Gasteiger partial charge >= 0.3 is 0 Å². The summed E-state index contributed by atoms with van der Waals surface area (Å²) < 4.78 is 5.78. The molecule has 1 rings (SSSR count). The van der Waals surface area contributed by atoms with E-state index in [4.69, 9.17) is 10.00 Å². The van der Waals surface area contributed by atoms with Gasteiger partial charge in [0, 0.05) is 17.3 Å². The topological polar surface area (TPSA) is 62.1 Å². The first-order valence-corrected chi connectivity index (χ1v) is 7.63. The van der Waals surface area contributed by atoms with Gasteiger partial charge in [0.25, 0.3) is 0 Å². The smallest absolute Gasteiger partial charge is 0.231 e. The van der Waals surface area contributed by atoms with Crippen LogP contribution < -0.4 is 5.32 Å². The van der Waals surface area contributed by atoms with E-state index in [2.05, 4.69) is 27.3 Å². The van der Waals surface area contributed by atoms with Crippen molar-refractivity contribution in [3.63, 3.8) is 0 Å². The Morgan fingerprint density at radius 2 is 2.42 bits per heavy atom. The highest BCUT2D eigenvalue weighted by Gasteiger charge is 2.13. The van der Waals surface area contributed by atoms with Crippen LogP contribution in [0.3, 0.4) is 0 Å². The first-order valence-electron chi connectivity index (χ1n) is 5.68. The number of nitrogens with one attached hydrogen (secondary N) is 1. The molecule has 1 aromatic rings. The first kappa shape index (κ1) is 16.0. The molecule has 1 aromatic carbocycles. The maximum atomic E-state index is 11.7. The van der Waals surface area contributed by atoms with E-state index in [1.54, 1.807) is 7.11 Å². The fourth-order valence-electron chi connectivity index (χ4n) is 1.39. The second-order valence-corrected chi connectivity index (χ2v) is 5.75. The van der Waals surface area contributed by atoms with Crippen molar-refractivity contribution in [2.45, 2.75) is 6.04 Å². The zero-order chi connectivity index (χ0) is 14.1. The van der Waals surface area contributed by atoms with Gasteiger partial charge in [-0.1, -0.05) is 28.1 Å². The largest absolute Gasteiger partial charge is 0.384 e. The summed E-state index contributed by atoms with van der Waals surface area (Å²) in [5.41, 5.74) is 0.770. The molecule has 0 aromatic heterocycles. The Morgan fingerprint density at radius 1 is 1.63 bits per heavy atom. The van der Waals surface area contributed by atoms with Gasteiger partial charge in [0.15, 0.2) is 0 Å². The van der Waals surface area contributed by atoms with Crippen molar-refractivity contribution in [2.75, 3.05) is 25.2 Å². The van der Waals surface area contributed by atoms with Gasteiger partial charge in [-0.3, -0.25) is 4.79 Å². The van der Waals surface area contributed by atoms with Crippen molar-refractivity contribution in [1.82, 2.24) is 5.32 Å². The maximum absolute atomic E-state index is 11.7. The van der Waals surface area contributed by atoms with E-state index < -0.39 is 6.04 Å². The Morgan fingerprint density at radius 3 is 3.05 bits per heavy atom. The molecule has 6 heteroatoms. The number of carbonyl (C=O) groups is 1. The number of halogens is 1. The third kappa shape index (κ3) is 6.10. The van der Waals surface area contributed by atoms with E-state index in [-0.39, 0.29) is 5.91 Å². The van der Waals surface area contributed by atoms with Crippen LogP contribution in [0.25, 0.3) is 0 Å². The van der Waals surface area contributed by atoms with E-state index in [1.807, 2.05) is 24.3 Å². The molecule has 1 atom stereocenters. The highest BCUT2D eigenvalue weighted by molar-refractivity contribution is 9.10. The quantitative estimate of drug-likeness (QED) is 0.773. The van der Waals surface area contributed by atoms with Crippen molar-refractivity contribution in [1.29, 1.82) is 5.26 Å². The highest BCUT2D eigenvalue weighted by atomic mass is 79.9. The molecule has 1 N–H and O–H groups in total. The summed E-state index contributed by atoms with van der Waals surface area (Å²) in [6, 6.07) is 8.83. The molecule has 102 valence electrons. The normalized spacial score (nSPS) is 11.6. The van der Waals surface area contributed by atoms with Gasteiger partial charge < -0.3 is 10.1 Å². The number of rotatable bonds is 7. The molecule has 0 aliphatic carbocycles. The average Bonchev–Trinajstić information content (AvgIpc) is 2.41. The predicted molar refractivity (Wildman–Crippen MR) is 79.8 cm³/mol. The number of hydrogen-bond acceptors (Lipinski definition) is 4. The third-order valence-corrected chi connectivity index (χ3v) is 3.70. The Bertz CT molecular complexity index is 462. The molecule has 0 aliphatic heterocycles.